The number of carbonyl (C=O) groups excluding carboxylic acids is 1. The Morgan fingerprint density at radius 3 is 2.64 bits per heavy atom. The molecule has 1 N–H and O–H groups in total. The van der Waals surface area contributed by atoms with Gasteiger partial charge in [-0.25, -0.2) is 4.98 Å². The van der Waals surface area contributed by atoms with Gasteiger partial charge in [0.2, 0.25) is 5.91 Å². The van der Waals surface area contributed by atoms with Crippen LogP contribution in [0, 0.1) is 0 Å². The molecule has 25 heavy (non-hydrogen) atoms. The first-order valence-electron chi connectivity index (χ1n) is 8.52. The SMILES string of the molecule is C[C@@H](CCc1ccccc1)NC(=O)CN(C)c1nc2ccccc2s1. The van der Waals surface area contributed by atoms with E-state index in [1.54, 1.807) is 11.3 Å². The Morgan fingerprint density at radius 1 is 1.16 bits per heavy atom. The van der Waals surface area contributed by atoms with E-state index >= 15 is 0 Å². The number of aryl methyl sites for hydroxylation is 1. The van der Waals surface area contributed by atoms with Crippen LogP contribution in [-0.4, -0.2) is 30.5 Å². The van der Waals surface area contributed by atoms with Crippen molar-refractivity contribution in [3.63, 3.8) is 0 Å². The number of amides is 1. The Balaban J connectivity index is 1.49. The second-order valence-electron chi connectivity index (χ2n) is 6.31. The number of rotatable bonds is 7. The predicted molar refractivity (Wildman–Crippen MR) is 105 cm³/mol. The molecule has 0 aliphatic rings. The van der Waals surface area contributed by atoms with Crippen molar-refractivity contribution in [2.24, 2.45) is 0 Å². The number of thiazole rings is 1. The van der Waals surface area contributed by atoms with Crippen LogP contribution < -0.4 is 10.2 Å². The highest BCUT2D eigenvalue weighted by Gasteiger charge is 2.13. The second-order valence-corrected chi connectivity index (χ2v) is 7.32. The molecule has 0 aliphatic heterocycles. The number of benzene rings is 2. The van der Waals surface area contributed by atoms with Gasteiger partial charge in [-0.05, 0) is 37.5 Å². The maximum absolute atomic E-state index is 12.3. The molecule has 3 rings (SSSR count). The molecule has 0 bridgehead atoms. The number of carbonyl (C=O) groups is 1. The number of nitrogens with one attached hydrogen (secondary N) is 1. The van der Waals surface area contributed by atoms with Crippen molar-refractivity contribution in [1.29, 1.82) is 0 Å². The topological polar surface area (TPSA) is 45.2 Å². The minimum Gasteiger partial charge on any atom is -0.352 e. The Hall–Kier alpha value is -2.40. The summed E-state index contributed by atoms with van der Waals surface area (Å²) in [6.07, 6.45) is 1.90. The van der Waals surface area contributed by atoms with Crippen LogP contribution in [0.2, 0.25) is 0 Å². The average molecular weight is 353 g/mol. The number of para-hydroxylation sites is 1. The van der Waals surface area contributed by atoms with Gasteiger partial charge in [0.25, 0.3) is 0 Å². The van der Waals surface area contributed by atoms with Gasteiger partial charge in [0.1, 0.15) is 0 Å². The highest BCUT2D eigenvalue weighted by Crippen LogP contribution is 2.27. The molecule has 1 heterocycles. The smallest absolute Gasteiger partial charge is 0.239 e. The van der Waals surface area contributed by atoms with Crippen LogP contribution in [0.25, 0.3) is 10.2 Å². The Bertz CT molecular complexity index is 798. The zero-order valence-electron chi connectivity index (χ0n) is 14.6. The van der Waals surface area contributed by atoms with Crippen LogP contribution in [0.3, 0.4) is 0 Å². The maximum Gasteiger partial charge on any atom is 0.239 e. The van der Waals surface area contributed by atoms with Crippen LogP contribution in [0.1, 0.15) is 18.9 Å². The molecule has 0 radical (unpaired) electrons. The number of likely N-dealkylation sites (N-methyl/N-ethyl adjacent to an activating group) is 1. The van der Waals surface area contributed by atoms with Gasteiger partial charge >= 0.3 is 0 Å². The van der Waals surface area contributed by atoms with E-state index in [1.807, 2.05) is 48.3 Å². The van der Waals surface area contributed by atoms with Crippen molar-refractivity contribution >= 4 is 32.6 Å². The lowest BCUT2D eigenvalue weighted by atomic mass is 10.1. The van der Waals surface area contributed by atoms with Crippen LogP contribution >= 0.6 is 11.3 Å². The van der Waals surface area contributed by atoms with Crippen molar-refractivity contribution in [1.82, 2.24) is 10.3 Å². The first-order chi connectivity index (χ1) is 12.1. The summed E-state index contributed by atoms with van der Waals surface area (Å²) in [5, 5.41) is 3.95. The molecule has 2 aromatic carbocycles. The summed E-state index contributed by atoms with van der Waals surface area (Å²) in [7, 11) is 1.91. The van der Waals surface area contributed by atoms with E-state index in [4.69, 9.17) is 0 Å². The monoisotopic (exact) mass is 353 g/mol. The third-order valence-electron chi connectivity index (χ3n) is 4.11. The Morgan fingerprint density at radius 2 is 1.88 bits per heavy atom. The van der Waals surface area contributed by atoms with Gasteiger partial charge in [0, 0.05) is 13.1 Å². The largest absolute Gasteiger partial charge is 0.352 e. The van der Waals surface area contributed by atoms with Crippen LogP contribution in [0.15, 0.2) is 54.6 Å². The molecule has 0 unspecified atom stereocenters. The fourth-order valence-electron chi connectivity index (χ4n) is 2.73. The fraction of sp³-hybridized carbons (Fsp3) is 0.300. The van der Waals surface area contributed by atoms with Gasteiger partial charge in [-0.3, -0.25) is 4.79 Å². The van der Waals surface area contributed by atoms with E-state index in [9.17, 15) is 4.79 Å². The minimum absolute atomic E-state index is 0.0299. The van der Waals surface area contributed by atoms with Crippen molar-refractivity contribution in [3.05, 3.63) is 60.2 Å². The first-order valence-corrected chi connectivity index (χ1v) is 9.33. The number of hydrogen-bond donors (Lipinski definition) is 1. The fourth-order valence-corrected chi connectivity index (χ4v) is 3.65. The van der Waals surface area contributed by atoms with E-state index in [2.05, 4.69) is 35.4 Å². The molecular weight excluding hydrogens is 330 g/mol. The number of hydrogen-bond acceptors (Lipinski definition) is 4. The summed E-state index contributed by atoms with van der Waals surface area (Å²) >= 11 is 1.61. The highest BCUT2D eigenvalue weighted by atomic mass is 32.1. The number of fused-ring (bicyclic) bond motifs is 1. The predicted octanol–water partition coefficient (Wildman–Crippen LogP) is 3.87. The molecule has 0 aliphatic carbocycles. The third-order valence-corrected chi connectivity index (χ3v) is 5.26. The molecule has 4 nitrogen and oxygen atoms in total. The van der Waals surface area contributed by atoms with Gasteiger partial charge in [0.05, 0.1) is 16.8 Å². The van der Waals surface area contributed by atoms with Crippen LogP contribution in [-0.2, 0) is 11.2 Å². The number of aromatic nitrogens is 1. The van der Waals surface area contributed by atoms with Crippen molar-refractivity contribution < 1.29 is 4.79 Å². The molecule has 130 valence electrons. The molecule has 1 atom stereocenters. The lowest BCUT2D eigenvalue weighted by Crippen LogP contribution is -2.40. The van der Waals surface area contributed by atoms with Gasteiger partial charge in [-0.1, -0.05) is 53.8 Å². The van der Waals surface area contributed by atoms with Crippen LogP contribution in [0.5, 0.6) is 0 Å². The van der Waals surface area contributed by atoms with E-state index in [0.29, 0.717) is 6.54 Å². The summed E-state index contributed by atoms with van der Waals surface area (Å²) in [4.78, 5) is 18.8. The zero-order chi connectivity index (χ0) is 17.6. The molecule has 0 saturated carbocycles. The summed E-state index contributed by atoms with van der Waals surface area (Å²) in [6, 6.07) is 18.5. The van der Waals surface area contributed by atoms with Crippen LogP contribution in [0.4, 0.5) is 5.13 Å². The molecule has 1 amide bonds. The van der Waals surface area contributed by atoms with Gasteiger partial charge in [-0.15, -0.1) is 0 Å². The summed E-state index contributed by atoms with van der Waals surface area (Å²) in [6.45, 7) is 2.37. The van der Waals surface area contributed by atoms with Gasteiger partial charge in [0.15, 0.2) is 5.13 Å². The van der Waals surface area contributed by atoms with E-state index in [0.717, 1.165) is 28.2 Å². The van der Waals surface area contributed by atoms with Gasteiger partial charge < -0.3 is 10.2 Å². The summed E-state index contributed by atoms with van der Waals surface area (Å²) in [5.41, 5.74) is 2.28. The number of anilines is 1. The molecule has 0 fully saturated rings. The third kappa shape index (κ3) is 4.79. The van der Waals surface area contributed by atoms with Gasteiger partial charge in [-0.2, -0.15) is 0 Å². The van der Waals surface area contributed by atoms with E-state index < -0.39 is 0 Å². The quantitative estimate of drug-likeness (QED) is 0.701. The Kier molecular flexibility index (Phi) is 5.66. The second kappa shape index (κ2) is 8.12. The molecular formula is C20H23N3OS. The molecule has 5 heteroatoms. The summed E-state index contributed by atoms with van der Waals surface area (Å²) < 4.78 is 1.14. The summed E-state index contributed by atoms with van der Waals surface area (Å²) in [5.74, 6) is 0.0299. The average Bonchev–Trinajstić information content (AvgIpc) is 3.05. The van der Waals surface area contributed by atoms with Crippen molar-refractivity contribution in [3.8, 4) is 0 Å². The van der Waals surface area contributed by atoms with E-state index in [-0.39, 0.29) is 11.9 Å². The van der Waals surface area contributed by atoms with E-state index in [1.165, 1.54) is 5.56 Å². The van der Waals surface area contributed by atoms with Crippen molar-refractivity contribution in [2.45, 2.75) is 25.8 Å². The Labute approximate surface area is 152 Å². The maximum atomic E-state index is 12.3. The van der Waals surface area contributed by atoms with Crippen molar-refractivity contribution in [2.75, 3.05) is 18.5 Å². The normalized spacial score (nSPS) is 12.1. The standard InChI is InChI=1S/C20H23N3OS/c1-15(12-13-16-8-4-3-5-9-16)21-19(24)14-23(2)20-22-17-10-6-7-11-18(17)25-20/h3-11,15H,12-14H2,1-2H3,(H,21,24)/t15-/m0/s1. The lowest BCUT2D eigenvalue weighted by Gasteiger charge is -2.18. The minimum atomic E-state index is 0.0299. The molecule has 1 aromatic heterocycles. The zero-order valence-corrected chi connectivity index (χ0v) is 15.4. The number of nitrogens with zero attached hydrogens (tertiary/aromatic N) is 2. The highest BCUT2D eigenvalue weighted by molar-refractivity contribution is 7.22. The first kappa shape index (κ1) is 17.4. The molecule has 0 saturated heterocycles. The molecule has 3 aromatic rings. The molecule has 0 spiro atoms. The lowest BCUT2D eigenvalue weighted by molar-refractivity contribution is -0.120.